The lowest BCUT2D eigenvalue weighted by atomic mass is 10.0. The van der Waals surface area contributed by atoms with Gasteiger partial charge in [0.1, 0.15) is 11.6 Å². The van der Waals surface area contributed by atoms with Crippen LogP contribution in [0.1, 0.15) is 5.56 Å². The number of rotatable bonds is 2. The Morgan fingerprint density at radius 2 is 1.95 bits per heavy atom. The lowest BCUT2D eigenvalue weighted by Gasteiger charge is -2.08. The summed E-state index contributed by atoms with van der Waals surface area (Å²) in [6.07, 6.45) is 0. The number of aromatic nitrogens is 1. The standard InChI is InChI=1S/C16H9ClN2OS/c17-13-5-2-1-4-10(13)11-8-14(15-6-3-7-21-15)19-16(20)12(11)9-18/h1-8H,(H,19,20). The first-order chi connectivity index (χ1) is 10.2. The Labute approximate surface area is 130 Å². The molecule has 0 unspecified atom stereocenters. The Bertz CT molecular complexity index is 891. The second-order valence-electron chi connectivity index (χ2n) is 4.37. The van der Waals surface area contributed by atoms with Crippen LogP contribution >= 0.6 is 22.9 Å². The minimum atomic E-state index is -0.404. The number of halogens is 1. The first-order valence-electron chi connectivity index (χ1n) is 6.17. The van der Waals surface area contributed by atoms with Crippen LogP contribution < -0.4 is 5.56 Å². The maximum Gasteiger partial charge on any atom is 0.266 e. The van der Waals surface area contributed by atoms with Crippen LogP contribution in [0.15, 0.2) is 52.6 Å². The van der Waals surface area contributed by atoms with Crippen molar-refractivity contribution in [3.63, 3.8) is 0 Å². The summed E-state index contributed by atoms with van der Waals surface area (Å²) in [5, 5.41) is 11.7. The summed E-state index contributed by atoms with van der Waals surface area (Å²) in [6, 6.07) is 14.8. The predicted molar refractivity (Wildman–Crippen MR) is 85.5 cm³/mol. The fourth-order valence-corrected chi connectivity index (χ4v) is 3.06. The molecule has 0 bridgehead atoms. The van der Waals surface area contributed by atoms with Crippen molar-refractivity contribution in [1.82, 2.24) is 4.98 Å². The smallest absolute Gasteiger partial charge is 0.266 e. The molecular weight excluding hydrogens is 304 g/mol. The predicted octanol–water partition coefficient (Wildman–Crippen LogP) is 4.30. The second-order valence-corrected chi connectivity index (χ2v) is 5.72. The van der Waals surface area contributed by atoms with Gasteiger partial charge in [-0.2, -0.15) is 5.26 Å². The van der Waals surface area contributed by atoms with Crippen molar-refractivity contribution >= 4 is 22.9 Å². The highest BCUT2D eigenvalue weighted by Crippen LogP contribution is 2.32. The van der Waals surface area contributed by atoms with Gasteiger partial charge >= 0.3 is 0 Å². The van der Waals surface area contributed by atoms with Gasteiger partial charge in [0.15, 0.2) is 0 Å². The summed E-state index contributed by atoms with van der Waals surface area (Å²) in [5.74, 6) is 0. The number of nitriles is 1. The van der Waals surface area contributed by atoms with Crippen LogP contribution in [-0.4, -0.2) is 4.98 Å². The zero-order valence-electron chi connectivity index (χ0n) is 10.8. The van der Waals surface area contributed by atoms with Crippen molar-refractivity contribution in [3.8, 4) is 27.8 Å². The third-order valence-electron chi connectivity index (χ3n) is 3.10. The van der Waals surface area contributed by atoms with Gasteiger partial charge in [-0.05, 0) is 23.6 Å². The average molecular weight is 313 g/mol. The molecule has 0 aliphatic carbocycles. The molecule has 21 heavy (non-hydrogen) atoms. The fourth-order valence-electron chi connectivity index (χ4n) is 2.13. The largest absolute Gasteiger partial charge is 0.320 e. The van der Waals surface area contributed by atoms with Crippen LogP contribution in [-0.2, 0) is 0 Å². The molecule has 0 atom stereocenters. The number of nitrogens with one attached hydrogen (secondary N) is 1. The molecule has 0 spiro atoms. The topological polar surface area (TPSA) is 56.6 Å². The van der Waals surface area contributed by atoms with Gasteiger partial charge in [0.2, 0.25) is 0 Å². The van der Waals surface area contributed by atoms with Gasteiger partial charge in [-0.1, -0.05) is 35.9 Å². The maximum absolute atomic E-state index is 12.2. The highest BCUT2D eigenvalue weighted by atomic mass is 35.5. The monoisotopic (exact) mass is 312 g/mol. The van der Waals surface area contributed by atoms with E-state index >= 15 is 0 Å². The lowest BCUT2D eigenvalue weighted by molar-refractivity contribution is 1.23. The SMILES string of the molecule is N#Cc1c(-c2ccccc2Cl)cc(-c2cccs2)[nH]c1=O. The molecule has 2 aromatic heterocycles. The molecule has 1 N–H and O–H groups in total. The highest BCUT2D eigenvalue weighted by Gasteiger charge is 2.14. The molecule has 0 amide bonds. The molecule has 0 aliphatic rings. The highest BCUT2D eigenvalue weighted by molar-refractivity contribution is 7.13. The summed E-state index contributed by atoms with van der Waals surface area (Å²) in [4.78, 5) is 15.8. The third-order valence-corrected chi connectivity index (χ3v) is 4.33. The number of aromatic amines is 1. The number of H-pyrrole nitrogens is 1. The van der Waals surface area contributed by atoms with Gasteiger partial charge in [-0.3, -0.25) is 4.79 Å². The van der Waals surface area contributed by atoms with Gasteiger partial charge in [0, 0.05) is 16.1 Å². The quantitative estimate of drug-likeness (QED) is 0.767. The van der Waals surface area contributed by atoms with Crippen molar-refractivity contribution < 1.29 is 0 Å². The van der Waals surface area contributed by atoms with Crippen LogP contribution in [0.3, 0.4) is 0 Å². The molecule has 0 saturated heterocycles. The van der Waals surface area contributed by atoms with E-state index in [0.29, 0.717) is 21.8 Å². The van der Waals surface area contributed by atoms with Crippen molar-refractivity contribution in [2.75, 3.05) is 0 Å². The van der Waals surface area contributed by atoms with Gasteiger partial charge in [0.25, 0.3) is 5.56 Å². The van der Waals surface area contributed by atoms with E-state index in [1.54, 1.807) is 18.2 Å². The number of thiophene rings is 1. The molecular formula is C16H9ClN2OS. The van der Waals surface area contributed by atoms with Crippen LogP contribution in [0.5, 0.6) is 0 Å². The Hall–Kier alpha value is -2.35. The number of nitrogens with zero attached hydrogens (tertiary/aromatic N) is 1. The zero-order chi connectivity index (χ0) is 14.8. The first-order valence-corrected chi connectivity index (χ1v) is 7.42. The van der Waals surface area contributed by atoms with E-state index in [4.69, 9.17) is 11.6 Å². The van der Waals surface area contributed by atoms with Crippen LogP contribution in [0.4, 0.5) is 0 Å². The van der Waals surface area contributed by atoms with E-state index in [2.05, 4.69) is 4.98 Å². The Morgan fingerprint density at radius 3 is 2.62 bits per heavy atom. The molecule has 3 aromatic rings. The minimum absolute atomic E-state index is 0.0726. The van der Waals surface area contributed by atoms with Gasteiger partial charge in [0.05, 0.1) is 10.6 Å². The van der Waals surface area contributed by atoms with Crippen molar-refractivity contribution in [1.29, 1.82) is 5.26 Å². The fraction of sp³-hybridized carbons (Fsp3) is 0. The number of hydrogen-bond donors (Lipinski definition) is 1. The normalized spacial score (nSPS) is 10.3. The van der Waals surface area contributed by atoms with Crippen molar-refractivity contribution in [2.45, 2.75) is 0 Å². The molecule has 5 heteroatoms. The molecule has 102 valence electrons. The Kier molecular flexibility index (Phi) is 3.61. The molecule has 3 nitrogen and oxygen atoms in total. The van der Waals surface area contributed by atoms with E-state index in [1.807, 2.05) is 35.7 Å². The minimum Gasteiger partial charge on any atom is -0.320 e. The number of benzene rings is 1. The molecule has 0 saturated carbocycles. The second kappa shape index (κ2) is 5.57. The summed E-state index contributed by atoms with van der Waals surface area (Å²) in [6.45, 7) is 0. The summed E-state index contributed by atoms with van der Waals surface area (Å²) in [5.41, 5.74) is 1.58. The van der Waals surface area contributed by atoms with E-state index in [-0.39, 0.29) is 5.56 Å². The van der Waals surface area contributed by atoms with Crippen LogP contribution in [0.2, 0.25) is 5.02 Å². The Balaban J connectivity index is 2.31. The number of pyridine rings is 1. The molecule has 3 rings (SSSR count). The third kappa shape index (κ3) is 2.49. The average Bonchev–Trinajstić information content (AvgIpc) is 3.01. The molecule has 0 fully saturated rings. The van der Waals surface area contributed by atoms with E-state index in [0.717, 1.165) is 4.88 Å². The van der Waals surface area contributed by atoms with Gasteiger partial charge < -0.3 is 4.98 Å². The van der Waals surface area contributed by atoms with Crippen LogP contribution in [0.25, 0.3) is 21.7 Å². The van der Waals surface area contributed by atoms with Crippen molar-refractivity contribution in [3.05, 3.63) is 68.8 Å². The van der Waals surface area contributed by atoms with E-state index in [1.165, 1.54) is 11.3 Å². The summed E-state index contributed by atoms with van der Waals surface area (Å²) >= 11 is 7.72. The van der Waals surface area contributed by atoms with E-state index in [9.17, 15) is 10.1 Å². The number of hydrogen-bond acceptors (Lipinski definition) is 3. The summed E-state index contributed by atoms with van der Waals surface area (Å²) < 4.78 is 0. The first kappa shape index (κ1) is 13.6. The van der Waals surface area contributed by atoms with Crippen molar-refractivity contribution in [2.24, 2.45) is 0 Å². The molecule has 1 aromatic carbocycles. The lowest BCUT2D eigenvalue weighted by Crippen LogP contribution is -2.12. The van der Waals surface area contributed by atoms with Crippen LogP contribution in [0, 0.1) is 11.3 Å². The zero-order valence-corrected chi connectivity index (χ0v) is 12.3. The molecule has 0 aliphatic heterocycles. The molecule has 2 heterocycles. The van der Waals surface area contributed by atoms with Gasteiger partial charge in [-0.15, -0.1) is 11.3 Å². The Morgan fingerprint density at radius 1 is 1.14 bits per heavy atom. The summed E-state index contributed by atoms with van der Waals surface area (Å²) in [7, 11) is 0. The molecule has 0 radical (unpaired) electrons. The van der Waals surface area contributed by atoms with Gasteiger partial charge in [-0.25, -0.2) is 0 Å². The maximum atomic E-state index is 12.2. The van der Waals surface area contributed by atoms with E-state index < -0.39 is 5.56 Å².